The summed E-state index contributed by atoms with van der Waals surface area (Å²) in [6.07, 6.45) is 2.53. The van der Waals surface area contributed by atoms with E-state index in [0.717, 1.165) is 24.4 Å². The molecule has 1 aromatic heterocycles. The van der Waals surface area contributed by atoms with Gasteiger partial charge in [0.25, 0.3) is 0 Å². The van der Waals surface area contributed by atoms with Crippen LogP contribution in [0.1, 0.15) is 22.8 Å². The Morgan fingerprint density at radius 2 is 2.05 bits per heavy atom. The van der Waals surface area contributed by atoms with Crippen LogP contribution in [0.4, 0.5) is 13.9 Å². The maximum Gasteiger partial charge on any atom is 0.180 e. The van der Waals surface area contributed by atoms with Crippen molar-refractivity contribution in [1.82, 2.24) is 9.88 Å². The van der Waals surface area contributed by atoms with Crippen molar-refractivity contribution in [2.75, 3.05) is 18.8 Å². The number of benzene rings is 1. The molecular weight excluding hydrogens is 316 g/mol. The van der Waals surface area contributed by atoms with E-state index in [9.17, 15) is 8.78 Å². The molecule has 1 unspecified atom stereocenters. The molecule has 7 heteroatoms. The number of hydrogen-bond donors (Lipinski definition) is 1. The molecule has 0 bridgehead atoms. The maximum absolute atomic E-state index is 13.8. The largest absolute Gasteiger partial charge is 0.375 e. The molecule has 2 aromatic rings. The van der Waals surface area contributed by atoms with Crippen molar-refractivity contribution in [3.05, 3.63) is 46.5 Å². The first-order chi connectivity index (χ1) is 9.63. The van der Waals surface area contributed by atoms with Crippen molar-refractivity contribution in [3.8, 4) is 0 Å². The fourth-order valence-electron chi connectivity index (χ4n) is 2.73. The quantitative estimate of drug-likeness (QED) is 0.937. The molecule has 1 saturated heterocycles. The molecule has 3 rings (SSSR count). The smallest absolute Gasteiger partial charge is 0.180 e. The first-order valence-corrected chi connectivity index (χ1v) is 7.31. The van der Waals surface area contributed by atoms with Crippen molar-refractivity contribution < 1.29 is 8.78 Å². The zero-order valence-corrected chi connectivity index (χ0v) is 12.9. The van der Waals surface area contributed by atoms with Crippen LogP contribution >= 0.6 is 23.7 Å². The predicted molar refractivity (Wildman–Crippen MR) is 82.8 cm³/mol. The van der Waals surface area contributed by atoms with E-state index in [0.29, 0.717) is 11.7 Å². The van der Waals surface area contributed by atoms with Crippen LogP contribution in [0.5, 0.6) is 0 Å². The van der Waals surface area contributed by atoms with E-state index >= 15 is 0 Å². The van der Waals surface area contributed by atoms with Crippen LogP contribution in [0.15, 0.2) is 24.4 Å². The van der Waals surface area contributed by atoms with Gasteiger partial charge in [0.1, 0.15) is 11.6 Å². The van der Waals surface area contributed by atoms with Gasteiger partial charge in [-0.05, 0) is 25.1 Å². The molecule has 0 amide bonds. The Bertz CT molecular complexity index is 600. The number of nitrogens with zero attached hydrogens (tertiary/aromatic N) is 2. The van der Waals surface area contributed by atoms with Gasteiger partial charge in [-0.3, -0.25) is 4.90 Å². The summed E-state index contributed by atoms with van der Waals surface area (Å²) in [4.78, 5) is 7.28. The highest BCUT2D eigenvalue weighted by Gasteiger charge is 2.28. The number of likely N-dealkylation sites (tertiary alicyclic amines) is 1. The first-order valence-electron chi connectivity index (χ1n) is 6.50. The van der Waals surface area contributed by atoms with Gasteiger partial charge < -0.3 is 5.73 Å². The van der Waals surface area contributed by atoms with Gasteiger partial charge >= 0.3 is 0 Å². The predicted octanol–water partition coefficient (Wildman–Crippen LogP) is 3.41. The van der Waals surface area contributed by atoms with Crippen LogP contribution in [-0.2, 0) is 6.54 Å². The summed E-state index contributed by atoms with van der Waals surface area (Å²) in [6, 6.07) is 4.05. The molecule has 1 fully saturated rings. The van der Waals surface area contributed by atoms with Gasteiger partial charge in [-0.1, -0.05) is 6.07 Å². The zero-order valence-electron chi connectivity index (χ0n) is 11.3. The minimum absolute atomic E-state index is 0. The average molecular weight is 332 g/mol. The molecule has 21 heavy (non-hydrogen) atoms. The third kappa shape index (κ3) is 3.51. The van der Waals surface area contributed by atoms with Crippen LogP contribution in [0.3, 0.4) is 0 Å². The molecule has 2 N–H and O–H groups in total. The monoisotopic (exact) mass is 331 g/mol. The van der Waals surface area contributed by atoms with Crippen molar-refractivity contribution in [2.24, 2.45) is 0 Å². The Kier molecular flexibility index (Phi) is 5.13. The minimum Gasteiger partial charge on any atom is -0.375 e. The molecule has 1 aromatic carbocycles. The van der Waals surface area contributed by atoms with Crippen molar-refractivity contribution >= 4 is 28.9 Å². The standard InChI is InChI=1S/C14H15F2N3S.ClH/c15-11-2-1-3-12(16)13(11)9-4-5-19(7-9)8-10-6-18-14(17)20-10;/h1-3,6,9H,4-5,7-8H2,(H2,17,18);1H. The first kappa shape index (κ1) is 16.1. The number of aromatic nitrogens is 1. The number of nitrogens with two attached hydrogens (primary N) is 1. The van der Waals surface area contributed by atoms with E-state index in [2.05, 4.69) is 9.88 Å². The molecule has 0 radical (unpaired) electrons. The molecule has 1 aliphatic rings. The SMILES string of the molecule is Cl.Nc1ncc(CN2CCC(c3c(F)cccc3F)C2)s1. The second-order valence-corrected chi connectivity index (χ2v) is 6.17. The molecule has 0 spiro atoms. The van der Waals surface area contributed by atoms with Crippen LogP contribution in [0, 0.1) is 11.6 Å². The van der Waals surface area contributed by atoms with Gasteiger partial charge in [-0.15, -0.1) is 23.7 Å². The van der Waals surface area contributed by atoms with Gasteiger partial charge in [0.2, 0.25) is 0 Å². The summed E-state index contributed by atoms with van der Waals surface area (Å²) >= 11 is 1.45. The Balaban J connectivity index is 0.00000161. The summed E-state index contributed by atoms with van der Waals surface area (Å²) in [5, 5.41) is 0.552. The summed E-state index contributed by atoms with van der Waals surface area (Å²) in [7, 11) is 0. The summed E-state index contributed by atoms with van der Waals surface area (Å²) in [5.41, 5.74) is 5.82. The van der Waals surface area contributed by atoms with Crippen LogP contribution in [0.2, 0.25) is 0 Å². The fraction of sp³-hybridized carbons (Fsp3) is 0.357. The number of nitrogen functional groups attached to an aromatic ring is 1. The van der Waals surface area contributed by atoms with E-state index in [-0.39, 0.29) is 23.9 Å². The van der Waals surface area contributed by atoms with Crippen molar-refractivity contribution in [1.29, 1.82) is 0 Å². The highest BCUT2D eigenvalue weighted by Crippen LogP contribution is 2.32. The molecule has 3 nitrogen and oxygen atoms in total. The lowest BCUT2D eigenvalue weighted by molar-refractivity contribution is 0.328. The van der Waals surface area contributed by atoms with Gasteiger partial charge in [0.05, 0.1) is 0 Å². The van der Waals surface area contributed by atoms with E-state index in [1.54, 1.807) is 6.20 Å². The number of thiazole rings is 1. The number of rotatable bonds is 3. The highest BCUT2D eigenvalue weighted by atomic mass is 35.5. The van der Waals surface area contributed by atoms with Crippen LogP contribution < -0.4 is 5.73 Å². The minimum atomic E-state index is -0.445. The number of hydrogen-bond acceptors (Lipinski definition) is 4. The zero-order chi connectivity index (χ0) is 14.1. The van der Waals surface area contributed by atoms with E-state index in [1.807, 2.05) is 0 Å². The lowest BCUT2D eigenvalue weighted by Crippen LogP contribution is -2.19. The van der Waals surface area contributed by atoms with Gasteiger partial charge in [-0.25, -0.2) is 13.8 Å². The summed E-state index contributed by atoms with van der Waals surface area (Å²) in [5.74, 6) is -0.973. The highest BCUT2D eigenvalue weighted by molar-refractivity contribution is 7.15. The molecular formula is C14H16ClF2N3S. The Morgan fingerprint density at radius 1 is 1.33 bits per heavy atom. The normalized spacial score (nSPS) is 18.7. The van der Waals surface area contributed by atoms with Crippen molar-refractivity contribution in [3.63, 3.8) is 0 Å². The molecule has 0 saturated carbocycles. The lowest BCUT2D eigenvalue weighted by atomic mass is 9.97. The number of anilines is 1. The van der Waals surface area contributed by atoms with Gasteiger partial charge in [0.15, 0.2) is 5.13 Å². The number of halogens is 3. The van der Waals surface area contributed by atoms with Gasteiger partial charge in [-0.2, -0.15) is 0 Å². The van der Waals surface area contributed by atoms with E-state index in [1.165, 1.54) is 29.5 Å². The van der Waals surface area contributed by atoms with Gasteiger partial charge in [0, 0.05) is 35.6 Å². The van der Waals surface area contributed by atoms with E-state index in [4.69, 9.17) is 5.73 Å². The fourth-order valence-corrected chi connectivity index (χ4v) is 3.46. The third-order valence-corrected chi connectivity index (χ3v) is 4.44. The summed E-state index contributed by atoms with van der Waals surface area (Å²) in [6.45, 7) is 2.23. The third-order valence-electron chi connectivity index (χ3n) is 3.63. The molecule has 1 atom stereocenters. The average Bonchev–Trinajstić information content (AvgIpc) is 3.00. The Hall–Kier alpha value is -1.24. The van der Waals surface area contributed by atoms with Crippen molar-refractivity contribution in [2.45, 2.75) is 18.9 Å². The molecule has 114 valence electrons. The molecule has 1 aliphatic heterocycles. The topological polar surface area (TPSA) is 42.1 Å². The Labute approximate surface area is 132 Å². The maximum atomic E-state index is 13.8. The van der Waals surface area contributed by atoms with E-state index < -0.39 is 11.6 Å². The molecule has 0 aliphatic carbocycles. The van der Waals surface area contributed by atoms with Crippen LogP contribution in [0.25, 0.3) is 0 Å². The second kappa shape index (κ2) is 6.68. The Morgan fingerprint density at radius 3 is 2.67 bits per heavy atom. The summed E-state index contributed by atoms with van der Waals surface area (Å²) < 4.78 is 27.6. The second-order valence-electron chi connectivity index (χ2n) is 5.02. The lowest BCUT2D eigenvalue weighted by Gasteiger charge is -2.15. The van der Waals surface area contributed by atoms with Crippen LogP contribution in [-0.4, -0.2) is 23.0 Å². The molecule has 2 heterocycles.